The molecule has 0 fully saturated rings. The van der Waals surface area contributed by atoms with Gasteiger partial charge in [0.15, 0.2) is 0 Å². The molecule has 4 heteroatoms. The second-order valence-electron chi connectivity index (χ2n) is 4.90. The molecule has 0 saturated heterocycles. The van der Waals surface area contributed by atoms with Crippen LogP contribution >= 0.6 is 0 Å². The maximum atomic E-state index is 4.46. The van der Waals surface area contributed by atoms with E-state index in [1.165, 1.54) is 22.5 Å². The second kappa shape index (κ2) is 4.46. The zero-order valence-electron chi connectivity index (χ0n) is 10.8. The van der Waals surface area contributed by atoms with Crippen molar-refractivity contribution >= 4 is 5.69 Å². The first-order valence-electron chi connectivity index (χ1n) is 6.30. The lowest BCUT2D eigenvalue weighted by Crippen LogP contribution is -2.23. The minimum absolute atomic E-state index is 0.913. The van der Waals surface area contributed by atoms with Gasteiger partial charge in [0.2, 0.25) is 0 Å². The predicted octanol–water partition coefficient (Wildman–Crippen LogP) is 1.79. The average Bonchev–Trinajstić information content (AvgIpc) is 2.82. The van der Waals surface area contributed by atoms with E-state index >= 15 is 0 Å². The lowest BCUT2D eigenvalue weighted by molar-refractivity contribution is 0.637. The summed E-state index contributed by atoms with van der Waals surface area (Å²) in [5.74, 6) is 0. The van der Waals surface area contributed by atoms with Crippen LogP contribution in [0.4, 0.5) is 5.69 Å². The van der Waals surface area contributed by atoms with Gasteiger partial charge in [0.25, 0.3) is 0 Å². The highest BCUT2D eigenvalue weighted by Crippen LogP contribution is 2.27. The SMILES string of the molecule is CN(C)c1ccc(-c2n[nH]c3c2CNCC3)cc1. The van der Waals surface area contributed by atoms with Crippen LogP contribution in [0.25, 0.3) is 11.3 Å². The number of H-pyrrole nitrogens is 1. The number of anilines is 1. The number of fused-ring (bicyclic) bond motifs is 1. The van der Waals surface area contributed by atoms with E-state index in [0.717, 1.165) is 25.2 Å². The number of hydrogen-bond donors (Lipinski definition) is 2. The molecule has 0 spiro atoms. The van der Waals surface area contributed by atoms with E-state index in [1.807, 2.05) is 0 Å². The zero-order valence-corrected chi connectivity index (χ0v) is 10.8. The lowest BCUT2D eigenvalue weighted by atomic mass is 10.0. The van der Waals surface area contributed by atoms with E-state index < -0.39 is 0 Å². The average molecular weight is 242 g/mol. The molecule has 0 amide bonds. The van der Waals surface area contributed by atoms with Gasteiger partial charge in [0.05, 0.1) is 5.69 Å². The van der Waals surface area contributed by atoms with E-state index in [9.17, 15) is 0 Å². The molecule has 1 aromatic carbocycles. The van der Waals surface area contributed by atoms with Crippen LogP contribution in [0.15, 0.2) is 24.3 Å². The molecule has 94 valence electrons. The molecular formula is C14H18N4. The van der Waals surface area contributed by atoms with Crippen LogP contribution in [-0.2, 0) is 13.0 Å². The van der Waals surface area contributed by atoms with Crippen molar-refractivity contribution in [1.29, 1.82) is 0 Å². The molecular weight excluding hydrogens is 224 g/mol. The molecule has 0 radical (unpaired) electrons. The summed E-state index contributed by atoms with van der Waals surface area (Å²) in [5.41, 5.74) is 6.07. The van der Waals surface area contributed by atoms with Crippen molar-refractivity contribution in [1.82, 2.24) is 15.5 Å². The molecule has 0 aliphatic carbocycles. The van der Waals surface area contributed by atoms with Crippen LogP contribution in [0.5, 0.6) is 0 Å². The summed E-state index contributed by atoms with van der Waals surface area (Å²) in [5, 5.41) is 11.0. The number of nitrogens with zero attached hydrogens (tertiary/aromatic N) is 2. The number of aromatic nitrogens is 2. The van der Waals surface area contributed by atoms with Crippen molar-refractivity contribution < 1.29 is 0 Å². The van der Waals surface area contributed by atoms with Gasteiger partial charge in [-0.25, -0.2) is 0 Å². The van der Waals surface area contributed by atoms with Gasteiger partial charge < -0.3 is 10.2 Å². The molecule has 0 saturated carbocycles. The highest BCUT2D eigenvalue weighted by molar-refractivity contribution is 5.66. The Bertz CT molecular complexity index is 539. The molecule has 4 nitrogen and oxygen atoms in total. The van der Waals surface area contributed by atoms with Gasteiger partial charge in [0.1, 0.15) is 0 Å². The maximum Gasteiger partial charge on any atom is 0.0968 e. The first-order valence-corrected chi connectivity index (χ1v) is 6.30. The lowest BCUT2D eigenvalue weighted by Gasteiger charge is -2.14. The van der Waals surface area contributed by atoms with E-state index in [-0.39, 0.29) is 0 Å². The van der Waals surface area contributed by atoms with Gasteiger partial charge in [0, 0.05) is 56.1 Å². The minimum Gasteiger partial charge on any atom is -0.378 e. The minimum atomic E-state index is 0.913. The van der Waals surface area contributed by atoms with Crippen molar-refractivity contribution in [3.8, 4) is 11.3 Å². The molecule has 1 aliphatic heterocycles. The Balaban J connectivity index is 1.97. The van der Waals surface area contributed by atoms with Crippen LogP contribution < -0.4 is 10.2 Å². The smallest absolute Gasteiger partial charge is 0.0968 e. The molecule has 0 bridgehead atoms. The third kappa shape index (κ3) is 1.88. The molecule has 2 aromatic rings. The monoisotopic (exact) mass is 242 g/mol. The number of aromatic amines is 1. The Morgan fingerprint density at radius 2 is 1.94 bits per heavy atom. The van der Waals surface area contributed by atoms with Gasteiger partial charge in [-0.15, -0.1) is 0 Å². The first kappa shape index (κ1) is 11.3. The van der Waals surface area contributed by atoms with Crippen molar-refractivity contribution in [2.75, 3.05) is 25.5 Å². The Labute approximate surface area is 107 Å². The molecule has 1 aromatic heterocycles. The quantitative estimate of drug-likeness (QED) is 0.844. The third-order valence-corrected chi connectivity index (χ3v) is 3.46. The van der Waals surface area contributed by atoms with E-state index in [0.29, 0.717) is 0 Å². The predicted molar refractivity (Wildman–Crippen MR) is 73.8 cm³/mol. The Hall–Kier alpha value is -1.81. The topological polar surface area (TPSA) is 44.0 Å². The Morgan fingerprint density at radius 1 is 1.17 bits per heavy atom. The summed E-state index contributed by atoms with van der Waals surface area (Å²) < 4.78 is 0. The van der Waals surface area contributed by atoms with E-state index in [4.69, 9.17) is 0 Å². The summed E-state index contributed by atoms with van der Waals surface area (Å²) in [6.07, 6.45) is 1.04. The molecule has 3 rings (SSSR count). The summed E-state index contributed by atoms with van der Waals surface area (Å²) >= 11 is 0. The van der Waals surface area contributed by atoms with Crippen molar-refractivity contribution in [2.45, 2.75) is 13.0 Å². The van der Waals surface area contributed by atoms with Crippen LogP contribution in [0.1, 0.15) is 11.3 Å². The highest BCUT2D eigenvalue weighted by atomic mass is 15.1. The Morgan fingerprint density at radius 3 is 2.67 bits per heavy atom. The molecule has 1 aliphatic rings. The van der Waals surface area contributed by atoms with Crippen molar-refractivity contribution in [3.05, 3.63) is 35.5 Å². The van der Waals surface area contributed by atoms with Crippen LogP contribution in [0, 0.1) is 0 Å². The standard InChI is InChI=1S/C14H18N4/c1-18(2)11-5-3-10(4-6-11)14-12-9-15-8-7-13(12)16-17-14/h3-6,15H,7-9H2,1-2H3,(H,16,17). The van der Waals surface area contributed by atoms with Gasteiger partial charge in [-0.05, 0) is 12.1 Å². The zero-order chi connectivity index (χ0) is 12.5. The number of benzene rings is 1. The third-order valence-electron chi connectivity index (χ3n) is 3.46. The Kier molecular flexibility index (Phi) is 2.80. The maximum absolute atomic E-state index is 4.46. The fraction of sp³-hybridized carbons (Fsp3) is 0.357. The molecule has 18 heavy (non-hydrogen) atoms. The normalized spacial score (nSPS) is 14.3. The molecule has 2 N–H and O–H groups in total. The summed E-state index contributed by atoms with van der Waals surface area (Å²) in [7, 11) is 4.10. The number of hydrogen-bond acceptors (Lipinski definition) is 3. The summed E-state index contributed by atoms with van der Waals surface area (Å²) in [4.78, 5) is 2.10. The largest absolute Gasteiger partial charge is 0.378 e. The number of nitrogens with one attached hydrogen (secondary N) is 2. The van der Waals surface area contributed by atoms with Crippen LogP contribution in [-0.4, -0.2) is 30.8 Å². The van der Waals surface area contributed by atoms with E-state index in [1.54, 1.807) is 0 Å². The second-order valence-corrected chi connectivity index (χ2v) is 4.90. The van der Waals surface area contributed by atoms with Gasteiger partial charge in [-0.3, -0.25) is 5.10 Å². The fourth-order valence-corrected chi connectivity index (χ4v) is 2.38. The van der Waals surface area contributed by atoms with Gasteiger partial charge >= 0.3 is 0 Å². The van der Waals surface area contributed by atoms with Gasteiger partial charge in [-0.2, -0.15) is 5.10 Å². The first-order chi connectivity index (χ1) is 8.75. The van der Waals surface area contributed by atoms with Crippen molar-refractivity contribution in [3.63, 3.8) is 0 Å². The summed E-state index contributed by atoms with van der Waals surface area (Å²) in [6.45, 7) is 1.95. The van der Waals surface area contributed by atoms with E-state index in [2.05, 4.69) is 58.8 Å². The number of rotatable bonds is 2. The van der Waals surface area contributed by atoms with Gasteiger partial charge in [-0.1, -0.05) is 12.1 Å². The fourth-order valence-electron chi connectivity index (χ4n) is 2.38. The van der Waals surface area contributed by atoms with Crippen molar-refractivity contribution in [2.24, 2.45) is 0 Å². The molecule has 2 heterocycles. The van der Waals surface area contributed by atoms with Crippen LogP contribution in [0.3, 0.4) is 0 Å². The summed E-state index contributed by atoms with van der Waals surface area (Å²) in [6, 6.07) is 8.54. The highest BCUT2D eigenvalue weighted by Gasteiger charge is 2.17. The molecule has 0 unspecified atom stereocenters. The molecule has 0 atom stereocenters. The van der Waals surface area contributed by atoms with Crippen LogP contribution in [0.2, 0.25) is 0 Å².